The van der Waals surface area contributed by atoms with Gasteiger partial charge in [-0.1, -0.05) is 5.10 Å². The molecule has 0 saturated carbocycles. The zero-order chi connectivity index (χ0) is 18.6. The van der Waals surface area contributed by atoms with E-state index in [1.165, 1.54) is 23.5 Å². The molecule has 136 valence electrons. The van der Waals surface area contributed by atoms with Crippen LogP contribution in [0, 0.1) is 5.82 Å². The number of benzene rings is 1. The van der Waals surface area contributed by atoms with Crippen molar-refractivity contribution in [2.75, 3.05) is 11.1 Å². The number of carbonyl (C=O) groups is 1. The minimum absolute atomic E-state index is 0.0246. The lowest BCUT2D eigenvalue weighted by molar-refractivity contribution is -0.116. The molecule has 0 saturated heterocycles. The number of halogens is 1. The van der Waals surface area contributed by atoms with Crippen LogP contribution in [0.15, 0.2) is 50.4 Å². The highest BCUT2D eigenvalue weighted by Crippen LogP contribution is 2.22. The molecular formula is C16H14FN3O4S2. The van der Waals surface area contributed by atoms with Crippen LogP contribution in [0.25, 0.3) is 11.5 Å². The van der Waals surface area contributed by atoms with E-state index in [0.29, 0.717) is 5.89 Å². The smallest absolute Gasteiger partial charge is 0.322 e. The number of sulfone groups is 1. The van der Waals surface area contributed by atoms with Crippen molar-refractivity contribution in [3.8, 4) is 11.5 Å². The molecule has 0 bridgehead atoms. The lowest BCUT2D eigenvalue weighted by atomic mass is 10.3. The monoisotopic (exact) mass is 395 g/mol. The van der Waals surface area contributed by atoms with Gasteiger partial charge in [0.2, 0.25) is 5.91 Å². The molecule has 1 amide bonds. The largest absolute Gasteiger partial charge is 0.403 e. The maximum atomic E-state index is 12.9. The maximum Gasteiger partial charge on any atom is 0.322 e. The molecule has 0 aliphatic rings. The van der Waals surface area contributed by atoms with Crippen LogP contribution in [0.1, 0.15) is 12.8 Å². The molecule has 0 unspecified atom stereocenters. The fourth-order valence-corrected chi connectivity index (χ4v) is 4.08. The molecule has 0 spiro atoms. The molecule has 1 N–H and O–H groups in total. The molecule has 3 rings (SSSR count). The van der Waals surface area contributed by atoms with Crippen LogP contribution in [-0.2, 0) is 14.6 Å². The Bertz CT molecular complexity index is 983. The van der Waals surface area contributed by atoms with Crippen molar-refractivity contribution in [1.82, 2.24) is 10.2 Å². The van der Waals surface area contributed by atoms with Gasteiger partial charge in [-0.05, 0) is 42.1 Å². The minimum Gasteiger partial charge on any atom is -0.403 e. The molecule has 3 aromatic rings. The SMILES string of the molecule is O=C(CCCS(=O)(=O)c1ccc(F)cc1)Nc1nnc(-c2ccsc2)o1. The van der Waals surface area contributed by atoms with E-state index < -0.39 is 21.6 Å². The summed E-state index contributed by atoms with van der Waals surface area (Å²) in [7, 11) is -3.57. The highest BCUT2D eigenvalue weighted by Gasteiger charge is 2.16. The minimum atomic E-state index is -3.57. The molecule has 10 heteroatoms. The van der Waals surface area contributed by atoms with Gasteiger partial charge in [0.1, 0.15) is 5.82 Å². The normalized spacial score (nSPS) is 11.4. The predicted molar refractivity (Wildman–Crippen MR) is 93.9 cm³/mol. The Labute approximate surface area is 152 Å². The van der Waals surface area contributed by atoms with Crippen molar-refractivity contribution in [3.63, 3.8) is 0 Å². The van der Waals surface area contributed by atoms with Gasteiger partial charge >= 0.3 is 6.01 Å². The number of nitrogens with zero attached hydrogens (tertiary/aromatic N) is 2. The number of rotatable bonds is 7. The Kier molecular flexibility index (Phi) is 5.43. The van der Waals surface area contributed by atoms with Crippen molar-refractivity contribution in [2.45, 2.75) is 17.7 Å². The van der Waals surface area contributed by atoms with Crippen LogP contribution >= 0.6 is 11.3 Å². The molecule has 26 heavy (non-hydrogen) atoms. The molecular weight excluding hydrogens is 381 g/mol. The summed E-state index contributed by atoms with van der Waals surface area (Å²) in [4.78, 5) is 11.9. The number of anilines is 1. The average molecular weight is 395 g/mol. The summed E-state index contributed by atoms with van der Waals surface area (Å²) in [5, 5.41) is 13.7. The first-order valence-electron chi connectivity index (χ1n) is 7.58. The Morgan fingerprint density at radius 2 is 1.96 bits per heavy atom. The van der Waals surface area contributed by atoms with Crippen molar-refractivity contribution >= 4 is 33.1 Å². The predicted octanol–water partition coefficient (Wildman–Crippen LogP) is 3.13. The van der Waals surface area contributed by atoms with Crippen molar-refractivity contribution in [3.05, 3.63) is 46.9 Å². The lowest BCUT2D eigenvalue weighted by Gasteiger charge is -2.04. The molecule has 2 heterocycles. The molecule has 0 radical (unpaired) electrons. The number of carbonyl (C=O) groups excluding carboxylic acids is 1. The van der Waals surface area contributed by atoms with Crippen molar-refractivity contribution in [2.24, 2.45) is 0 Å². The number of aromatic nitrogens is 2. The molecule has 0 atom stereocenters. The Morgan fingerprint density at radius 3 is 2.65 bits per heavy atom. The van der Waals surface area contributed by atoms with E-state index in [9.17, 15) is 17.6 Å². The third-order valence-electron chi connectivity index (χ3n) is 3.43. The second-order valence-electron chi connectivity index (χ2n) is 5.35. The Balaban J connectivity index is 1.50. The summed E-state index contributed by atoms with van der Waals surface area (Å²) in [5.41, 5.74) is 0.758. The zero-order valence-corrected chi connectivity index (χ0v) is 15.0. The standard InChI is InChI=1S/C16H14FN3O4S2/c17-12-3-5-13(6-4-12)26(22,23)9-1-2-14(21)18-16-20-19-15(24-16)11-7-8-25-10-11/h3-8,10H,1-2,9H2,(H,18,20,21). The van der Waals surface area contributed by atoms with Gasteiger partial charge in [-0.2, -0.15) is 11.3 Å². The maximum absolute atomic E-state index is 12.9. The third kappa shape index (κ3) is 4.52. The van der Waals surface area contributed by atoms with Crippen LogP contribution in [0.4, 0.5) is 10.4 Å². The summed E-state index contributed by atoms with van der Waals surface area (Å²) < 4.78 is 42.4. The molecule has 1 aromatic carbocycles. The Hall–Kier alpha value is -2.59. The van der Waals surface area contributed by atoms with Crippen LogP contribution < -0.4 is 5.32 Å². The van der Waals surface area contributed by atoms with Gasteiger partial charge in [0.15, 0.2) is 9.84 Å². The molecule has 0 aliphatic carbocycles. The third-order valence-corrected chi connectivity index (χ3v) is 5.93. The molecule has 2 aromatic heterocycles. The van der Waals surface area contributed by atoms with E-state index in [-0.39, 0.29) is 29.5 Å². The molecule has 0 aliphatic heterocycles. The summed E-state index contributed by atoms with van der Waals surface area (Å²) in [5.74, 6) is -0.874. The summed E-state index contributed by atoms with van der Waals surface area (Å²) in [6, 6.07) is 6.34. The molecule has 0 fully saturated rings. The fourth-order valence-electron chi connectivity index (χ4n) is 2.14. The van der Waals surface area contributed by atoms with Gasteiger partial charge < -0.3 is 4.42 Å². The number of hydrogen-bond acceptors (Lipinski definition) is 7. The van der Waals surface area contributed by atoms with E-state index in [1.807, 2.05) is 16.8 Å². The van der Waals surface area contributed by atoms with Crippen LogP contribution in [0.5, 0.6) is 0 Å². The zero-order valence-electron chi connectivity index (χ0n) is 13.4. The van der Waals surface area contributed by atoms with Gasteiger partial charge in [-0.15, -0.1) is 5.10 Å². The first-order valence-corrected chi connectivity index (χ1v) is 10.2. The van der Waals surface area contributed by atoms with Gasteiger partial charge in [-0.3, -0.25) is 10.1 Å². The second-order valence-corrected chi connectivity index (χ2v) is 8.24. The van der Waals surface area contributed by atoms with E-state index >= 15 is 0 Å². The van der Waals surface area contributed by atoms with E-state index in [2.05, 4.69) is 15.5 Å². The van der Waals surface area contributed by atoms with Crippen molar-refractivity contribution < 1.29 is 22.0 Å². The second kappa shape index (κ2) is 7.75. The van der Waals surface area contributed by atoms with E-state index in [4.69, 9.17) is 4.42 Å². The Morgan fingerprint density at radius 1 is 1.19 bits per heavy atom. The number of hydrogen-bond donors (Lipinski definition) is 1. The lowest BCUT2D eigenvalue weighted by Crippen LogP contribution is -2.14. The first kappa shape index (κ1) is 18.2. The van der Waals surface area contributed by atoms with Gasteiger partial charge in [0.05, 0.1) is 10.6 Å². The van der Waals surface area contributed by atoms with E-state index in [0.717, 1.165) is 17.7 Å². The summed E-state index contributed by atoms with van der Waals surface area (Å²) >= 11 is 1.48. The number of thiophene rings is 1. The fraction of sp³-hybridized carbons (Fsp3) is 0.188. The first-order chi connectivity index (χ1) is 12.4. The van der Waals surface area contributed by atoms with Crippen LogP contribution in [0.2, 0.25) is 0 Å². The van der Waals surface area contributed by atoms with Gasteiger partial charge in [-0.25, -0.2) is 12.8 Å². The quantitative estimate of drug-likeness (QED) is 0.617. The number of nitrogens with one attached hydrogen (secondary N) is 1. The van der Waals surface area contributed by atoms with Crippen LogP contribution in [0.3, 0.4) is 0 Å². The summed E-state index contributed by atoms with van der Waals surface area (Å²) in [6.45, 7) is 0. The van der Waals surface area contributed by atoms with Gasteiger partial charge in [0, 0.05) is 17.4 Å². The van der Waals surface area contributed by atoms with Gasteiger partial charge in [0.25, 0.3) is 5.89 Å². The van der Waals surface area contributed by atoms with Crippen molar-refractivity contribution in [1.29, 1.82) is 0 Å². The topological polar surface area (TPSA) is 102 Å². The average Bonchev–Trinajstić information content (AvgIpc) is 3.26. The van der Waals surface area contributed by atoms with E-state index in [1.54, 1.807) is 0 Å². The highest BCUT2D eigenvalue weighted by molar-refractivity contribution is 7.91. The highest BCUT2D eigenvalue weighted by atomic mass is 32.2. The summed E-state index contributed by atoms with van der Waals surface area (Å²) in [6.07, 6.45) is 0.0770. The van der Waals surface area contributed by atoms with Crippen LogP contribution in [-0.4, -0.2) is 30.3 Å². The molecule has 7 nitrogen and oxygen atoms in total. The number of amides is 1.